The minimum Gasteiger partial charge on any atom is -0.388 e. The Morgan fingerprint density at radius 3 is 2.24 bits per heavy atom. The summed E-state index contributed by atoms with van der Waals surface area (Å²) in [5, 5.41) is 7.18. The SMILES string of the molecule is CNc1ccc(Nc2cc(Cl)ccc2C)cc1. The molecule has 2 rings (SSSR count). The Balaban J connectivity index is 2.22. The second-order valence-electron chi connectivity index (χ2n) is 3.91. The van der Waals surface area contributed by atoms with Crippen molar-refractivity contribution in [1.29, 1.82) is 0 Å². The van der Waals surface area contributed by atoms with Gasteiger partial charge in [-0.15, -0.1) is 0 Å². The summed E-state index contributed by atoms with van der Waals surface area (Å²) in [5.74, 6) is 0. The Bertz CT molecular complexity index is 506. The van der Waals surface area contributed by atoms with Crippen LogP contribution in [0.3, 0.4) is 0 Å². The summed E-state index contributed by atoms with van der Waals surface area (Å²) in [6.45, 7) is 2.06. The molecule has 0 aliphatic heterocycles. The lowest BCUT2D eigenvalue weighted by Crippen LogP contribution is -1.94. The maximum absolute atomic E-state index is 5.98. The number of hydrogen-bond acceptors (Lipinski definition) is 2. The zero-order chi connectivity index (χ0) is 12.3. The van der Waals surface area contributed by atoms with E-state index in [0.29, 0.717) is 0 Å². The fourth-order valence-electron chi connectivity index (χ4n) is 1.60. The van der Waals surface area contributed by atoms with E-state index in [2.05, 4.69) is 17.6 Å². The first-order valence-corrected chi connectivity index (χ1v) is 5.88. The van der Waals surface area contributed by atoms with Crippen molar-refractivity contribution in [3.8, 4) is 0 Å². The number of aryl methyl sites for hydroxylation is 1. The van der Waals surface area contributed by atoms with E-state index in [0.717, 1.165) is 22.1 Å². The molecule has 2 N–H and O–H groups in total. The molecule has 88 valence electrons. The molecule has 0 amide bonds. The second-order valence-corrected chi connectivity index (χ2v) is 4.35. The van der Waals surface area contributed by atoms with E-state index in [1.165, 1.54) is 5.56 Å². The summed E-state index contributed by atoms with van der Waals surface area (Å²) < 4.78 is 0. The van der Waals surface area contributed by atoms with Crippen LogP contribution in [0.4, 0.5) is 17.1 Å². The molecule has 0 saturated carbocycles. The highest BCUT2D eigenvalue weighted by molar-refractivity contribution is 6.30. The van der Waals surface area contributed by atoms with Gasteiger partial charge in [-0.2, -0.15) is 0 Å². The van der Waals surface area contributed by atoms with Crippen molar-refractivity contribution in [2.24, 2.45) is 0 Å². The lowest BCUT2D eigenvalue weighted by atomic mass is 10.2. The number of nitrogens with one attached hydrogen (secondary N) is 2. The van der Waals surface area contributed by atoms with Gasteiger partial charge in [-0.1, -0.05) is 17.7 Å². The maximum atomic E-state index is 5.98. The van der Waals surface area contributed by atoms with E-state index in [-0.39, 0.29) is 0 Å². The van der Waals surface area contributed by atoms with E-state index in [1.807, 2.05) is 49.5 Å². The van der Waals surface area contributed by atoms with Crippen LogP contribution < -0.4 is 10.6 Å². The molecular weight excluding hydrogens is 232 g/mol. The maximum Gasteiger partial charge on any atom is 0.0428 e. The van der Waals surface area contributed by atoms with Gasteiger partial charge in [0.15, 0.2) is 0 Å². The predicted octanol–water partition coefficient (Wildman–Crippen LogP) is 4.43. The molecule has 17 heavy (non-hydrogen) atoms. The quantitative estimate of drug-likeness (QED) is 0.837. The minimum absolute atomic E-state index is 0.741. The van der Waals surface area contributed by atoms with Gasteiger partial charge >= 0.3 is 0 Å². The van der Waals surface area contributed by atoms with Crippen molar-refractivity contribution < 1.29 is 0 Å². The van der Waals surface area contributed by atoms with E-state index in [9.17, 15) is 0 Å². The summed E-state index contributed by atoms with van der Waals surface area (Å²) in [6, 6.07) is 14.0. The van der Waals surface area contributed by atoms with Gasteiger partial charge in [0, 0.05) is 29.1 Å². The van der Waals surface area contributed by atoms with Gasteiger partial charge < -0.3 is 10.6 Å². The molecule has 0 aromatic heterocycles. The molecule has 0 unspecified atom stereocenters. The average Bonchev–Trinajstić information content (AvgIpc) is 2.35. The highest BCUT2D eigenvalue weighted by atomic mass is 35.5. The summed E-state index contributed by atoms with van der Waals surface area (Å²) in [4.78, 5) is 0. The van der Waals surface area contributed by atoms with Crippen molar-refractivity contribution in [3.05, 3.63) is 53.1 Å². The summed E-state index contributed by atoms with van der Waals surface area (Å²) >= 11 is 5.98. The molecule has 0 aliphatic carbocycles. The van der Waals surface area contributed by atoms with Crippen LogP contribution in [0.2, 0.25) is 5.02 Å². The highest BCUT2D eigenvalue weighted by Crippen LogP contribution is 2.24. The summed E-state index contributed by atoms with van der Waals surface area (Å²) in [7, 11) is 1.91. The number of halogens is 1. The minimum atomic E-state index is 0.741. The van der Waals surface area contributed by atoms with Crippen LogP contribution in [0.25, 0.3) is 0 Å². The zero-order valence-corrected chi connectivity index (χ0v) is 10.7. The molecule has 2 aromatic carbocycles. The zero-order valence-electron chi connectivity index (χ0n) is 9.92. The third-order valence-electron chi connectivity index (χ3n) is 2.65. The Morgan fingerprint density at radius 1 is 0.941 bits per heavy atom. The monoisotopic (exact) mass is 246 g/mol. The molecule has 2 aromatic rings. The van der Waals surface area contributed by atoms with Gasteiger partial charge in [-0.3, -0.25) is 0 Å². The average molecular weight is 247 g/mol. The Kier molecular flexibility index (Phi) is 3.55. The van der Waals surface area contributed by atoms with Gasteiger partial charge in [-0.05, 0) is 48.9 Å². The van der Waals surface area contributed by atoms with Crippen LogP contribution in [-0.4, -0.2) is 7.05 Å². The summed E-state index contributed by atoms with van der Waals surface area (Å²) in [5.41, 5.74) is 4.36. The second kappa shape index (κ2) is 5.11. The third kappa shape index (κ3) is 2.92. The molecule has 0 spiro atoms. The molecule has 0 saturated heterocycles. The molecule has 0 heterocycles. The molecule has 2 nitrogen and oxygen atoms in total. The first-order valence-electron chi connectivity index (χ1n) is 5.50. The lowest BCUT2D eigenvalue weighted by Gasteiger charge is -2.10. The number of anilines is 3. The number of hydrogen-bond donors (Lipinski definition) is 2. The third-order valence-corrected chi connectivity index (χ3v) is 2.89. The summed E-state index contributed by atoms with van der Waals surface area (Å²) in [6.07, 6.45) is 0. The van der Waals surface area contributed by atoms with E-state index in [4.69, 9.17) is 11.6 Å². The Hall–Kier alpha value is -1.67. The van der Waals surface area contributed by atoms with Gasteiger partial charge in [0.1, 0.15) is 0 Å². The van der Waals surface area contributed by atoms with E-state index >= 15 is 0 Å². The largest absolute Gasteiger partial charge is 0.388 e. The standard InChI is InChI=1S/C14H15ClN2/c1-10-3-4-11(15)9-14(10)17-13-7-5-12(16-2)6-8-13/h3-9,16-17H,1-2H3. The van der Waals surface area contributed by atoms with Crippen molar-refractivity contribution >= 4 is 28.7 Å². The Morgan fingerprint density at radius 2 is 1.59 bits per heavy atom. The highest BCUT2D eigenvalue weighted by Gasteiger charge is 2.00. The molecule has 0 aliphatic rings. The van der Waals surface area contributed by atoms with E-state index < -0.39 is 0 Å². The fraction of sp³-hybridized carbons (Fsp3) is 0.143. The molecule has 0 radical (unpaired) electrons. The van der Waals surface area contributed by atoms with Crippen LogP contribution in [0.5, 0.6) is 0 Å². The number of rotatable bonds is 3. The van der Waals surface area contributed by atoms with Crippen LogP contribution in [0, 0.1) is 6.92 Å². The van der Waals surface area contributed by atoms with Crippen molar-refractivity contribution in [3.63, 3.8) is 0 Å². The molecule has 3 heteroatoms. The molecular formula is C14H15ClN2. The first kappa shape index (κ1) is 11.8. The smallest absolute Gasteiger partial charge is 0.0428 e. The van der Waals surface area contributed by atoms with Crippen molar-refractivity contribution in [2.45, 2.75) is 6.92 Å². The molecule has 0 fully saturated rings. The van der Waals surface area contributed by atoms with Gasteiger partial charge in [-0.25, -0.2) is 0 Å². The van der Waals surface area contributed by atoms with Crippen LogP contribution in [0.1, 0.15) is 5.56 Å². The molecule has 0 bridgehead atoms. The van der Waals surface area contributed by atoms with Crippen LogP contribution in [0.15, 0.2) is 42.5 Å². The topological polar surface area (TPSA) is 24.1 Å². The normalized spacial score (nSPS) is 10.1. The van der Waals surface area contributed by atoms with Crippen molar-refractivity contribution in [2.75, 3.05) is 17.7 Å². The van der Waals surface area contributed by atoms with Crippen molar-refractivity contribution in [1.82, 2.24) is 0 Å². The van der Waals surface area contributed by atoms with Crippen LogP contribution >= 0.6 is 11.6 Å². The predicted molar refractivity (Wildman–Crippen MR) is 75.5 cm³/mol. The van der Waals surface area contributed by atoms with E-state index in [1.54, 1.807) is 0 Å². The first-order chi connectivity index (χ1) is 8.19. The Labute approximate surface area is 107 Å². The van der Waals surface area contributed by atoms with Gasteiger partial charge in [0.05, 0.1) is 0 Å². The lowest BCUT2D eigenvalue weighted by molar-refractivity contribution is 1.43. The van der Waals surface area contributed by atoms with Crippen LogP contribution in [-0.2, 0) is 0 Å². The molecule has 0 atom stereocenters. The van der Waals surface area contributed by atoms with Gasteiger partial charge in [0.25, 0.3) is 0 Å². The number of benzene rings is 2. The fourth-order valence-corrected chi connectivity index (χ4v) is 1.78. The van der Waals surface area contributed by atoms with Gasteiger partial charge in [0.2, 0.25) is 0 Å².